The Bertz CT molecular complexity index is 729. The molecule has 23 heavy (non-hydrogen) atoms. The van der Waals surface area contributed by atoms with Crippen molar-refractivity contribution in [3.63, 3.8) is 0 Å². The first kappa shape index (κ1) is 16.2. The molecule has 0 aliphatic rings. The van der Waals surface area contributed by atoms with E-state index in [1.165, 1.54) is 30.5 Å². The van der Waals surface area contributed by atoms with Crippen LogP contribution < -0.4 is 15.3 Å². The summed E-state index contributed by atoms with van der Waals surface area (Å²) in [5.74, 6) is -2.00. The molecule has 2 aromatic rings. The number of benzene rings is 2. The summed E-state index contributed by atoms with van der Waals surface area (Å²) in [6.45, 7) is -0.590. The van der Waals surface area contributed by atoms with Crippen molar-refractivity contribution < 1.29 is 23.8 Å². The number of ether oxygens (including phenoxy) is 1. The molecular formula is C16H12FN2O4-. The van der Waals surface area contributed by atoms with Gasteiger partial charge < -0.3 is 14.6 Å². The minimum absolute atomic E-state index is 0.255. The highest BCUT2D eigenvalue weighted by Crippen LogP contribution is 2.15. The van der Waals surface area contributed by atoms with E-state index in [1.54, 1.807) is 24.3 Å². The maximum absolute atomic E-state index is 12.8. The van der Waals surface area contributed by atoms with E-state index in [4.69, 9.17) is 4.74 Å². The summed E-state index contributed by atoms with van der Waals surface area (Å²) >= 11 is 0. The van der Waals surface area contributed by atoms with Crippen molar-refractivity contribution >= 4 is 18.1 Å². The minimum atomic E-state index is -1.35. The first-order valence-corrected chi connectivity index (χ1v) is 6.57. The van der Waals surface area contributed by atoms with E-state index in [2.05, 4.69) is 10.5 Å². The van der Waals surface area contributed by atoms with Crippen molar-refractivity contribution in [3.8, 4) is 5.75 Å². The molecule has 0 unspecified atom stereocenters. The number of nitrogens with zero attached hydrogens (tertiary/aromatic N) is 1. The van der Waals surface area contributed by atoms with Crippen molar-refractivity contribution in [1.29, 1.82) is 0 Å². The number of hydrogen-bond donors (Lipinski definition) is 1. The predicted octanol–water partition coefficient (Wildman–Crippen LogP) is 0.718. The van der Waals surface area contributed by atoms with Gasteiger partial charge in [0.05, 0.1) is 12.2 Å². The lowest BCUT2D eigenvalue weighted by Gasteiger charge is -2.09. The van der Waals surface area contributed by atoms with E-state index < -0.39 is 24.3 Å². The Kier molecular flexibility index (Phi) is 5.40. The fourth-order valence-electron chi connectivity index (χ4n) is 1.68. The van der Waals surface area contributed by atoms with Crippen LogP contribution in [0.2, 0.25) is 0 Å². The van der Waals surface area contributed by atoms with Crippen LogP contribution in [-0.4, -0.2) is 24.7 Å². The second-order valence-electron chi connectivity index (χ2n) is 4.40. The number of hydrazone groups is 1. The summed E-state index contributed by atoms with van der Waals surface area (Å²) < 4.78 is 17.8. The van der Waals surface area contributed by atoms with Crippen molar-refractivity contribution in [2.24, 2.45) is 5.10 Å². The molecule has 118 valence electrons. The topological polar surface area (TPSA) is 90.8 Å². The van der Waals surface area contributed by atoms with Crippen molar-refractivity contribution in [2.45, 2.75) is 0 Å². The quantitative estimate of drug-likeness (QED) is 0.628. The number of nitrogens with one attached hydrogen (secondary N) is 1. The predicted molar refractivity (Wildman–Crippen MR) is 78.4 cm³/mol. The Morgan fingerprint density at radius 3 is 2.57 bits per heavy atom. The van der Waals surface area contributed by atoms with Crippen LogP contribution >= 0.6 is 0 Å². The lowest BCUT2D eigenvalue weighted by atomic mass is 10.2. The molecular weight excluding hydrogens is 303 g/mol. The first-order valence-electron chi connectivity index (χ1n) is 6.57. The molecule has 0 aliphatic heterocycles. The number of carboxylic acid groups (broad SMARTS) is 1. The normalized spacial score (nSPS) is 10.5. The third-order valence-corrected chi connectivity index (χ3v) is 2.74. The lowest BCUT2D eigenvalue weighted by molar-refractivity contribution is -0.307. The van der Waals surface area contributed by atoms with E-state index in [0.717, 1.165) is 0 Å². The first-order chi connectivity index (χ1) is 11.1. The van der Waals surface area contributed by atoms with Crippen molar-refractivity contribution in [3.05, 3.63) is 65.5 Å². The van der Waals surface area contributed by atoms with Gasteiger partial charge in [0.2, 0.25) is 0 Å². The molecule has 0 fully saturated rings. The van der Waals surface area contributed by atoms with Crippen LogP contribution in [0, 0.1) is 5.82 Å². The number of carbonyl (C=O) groups is 2. The highest BCUT2D eigenvalue weighted by atomic mass is 19.1. The number of halogens is 1. The minimum Gasteiger partial charge on any atom is -0.546 e. The second-order valence-corrected chi connectivity index (χ2v) is 4.40. The molecule has 1 amide bonds. The molecule has 0 aromatic heterocycles. The highest BCUT2D eigenvalue weighted by Gasteiger charge is 2.04. The third kappa shape index (κ3) is 4.92. The van der Waals surface area contributed by atoms with E-state index in [0.29, 0.717) is 5.56 Å². The molecule has 6 nitrogen and oxygen atoms in total. The van der Waals surface area contributed by atoms with Gasteiger partial charge in [-0.15, -0.1) is 0 Å². The fourth-order valence-corrected chi connectivity index (χ4v) is 1.68. The number of amides is 1. The lowest BCUT2D eigenvalue weighted by Crippen LogP contribution is -2.29. The van der Waals surface area contributed by atoms with Crippen molar-refractivity contribution in [2.75, 3.05) is 6.61 Å². The second kappa shape index (κ2) is 7.69. The number of para-hydroxylation sites is 1. The summed E-state index contributed by atoms with van der Waals surface area (Å²) in [5.41, 5.74) is 3.02. The number of hydrogen-bond acceptors (Lipinski definition) is 5. The summed E-state index contributed by atoms with van der Waals surface area (Å²) in [6, 6.07) is 11.6. The summed E-state index contributed by atoms with van der Waals surface area (Å²) in [4.78, 5) is 22.2. The van der Waals surface area contributed by atoms with Gasteiger partial charge in [-0.25, -0.2) is 9.82 Å². The number of rotatable bonds is 6. The molecule has 0 aliphatic carbocycles. The molecule has 0 bridgehead atoms. The van der Waals surface area contributed by atoms with E-state index in [1.807, 2.05) is 0 Å². The highest BCUT2D eigenvalue weighted by molar-refractivity contribution is 5.95. The van der Waals surface area contributed by atoms with E-state index in [9.17, 15) is 19.1 Å². The van der Waals surface area contributed by atoms with Gasteiger partial charge in [-0.1, -0.05) is 12.1 Å². The zero-order valence-corrected chi connectivity index (χ0v) is 11.9. The molecule has 2 rings (SSSR count). The Labute approximate surface area is 131 Å². The van der Waals surface area contributed by atoms with Gasteiger partial charge in [0.25, 0.3) is 5.91 Å². The smallest absolute Gasteiger partial charge is 0.271 e. The molecule has 0 saturated carbocycles. The zero-order chi connectivity index (χ0) is 16.7. The van der Waals surface area contributed by atoms with Gasteiger partial charge in [0.15, 0.2) is 0 Å². The van der Waals surface area contributed by atoms with Crippen LogP contribution in [0.25, 0.3) is 0 Å². The van der Waals surface area contributed by atoms with Crippen LogP contribution in [0.15, 0.2) is 53.6 Å². The number of carboxylic acids is 1. The largest absolute Gasteiger partial charge is 0.546 e. The Balaban J connectivity index is 2.01. The Hall–Kier alpha value is -3.22. The fraction of sp³-hybridized carbons (Fsp3) is 0.0625. The third-order valence-electron chi connectivity index (χ3n) is 2.74. The van der Waals surface area contributed by atoms with E-state index >= 15 is 0 Å². The SMILES string of the molecule is O=C([O-])COc1ccccc1/C=N\NC(=O)c1ccc(F)cc1. The number of aliphatic carboxylic acids is 1. The molecule has 2 aromatic carbocycles. The Morgan fingerprint density at radius 1 is 1.17 bits per heavy atom. The molecule has 0 saturated heterocycles. The Morgan fingerprint density at radius 2 is 1.87 bits per heavy atom. The summed E-state index contributed by atoms with van der Waals surface area (Å²) in [7, 11) is 0. The van der Waals surface area contributed by atoms with Crippen LogP contribution in [0.1, 0.15) is 15.9 Å². The molecule has 0 radical (unpaired) electrons. The van der Waals surface area contributed by atoms with E-state index in [-0.39, 0.29) is 11.3 Å². The number of carbonyl (C=O) groups excluding carboxylic acids is 2. The average molecular weight is 315 g/mol. The molecule has 0 atom stereocenters. The standard InChI is InChI=1S/C16H13FN2O4/c17-13-7-5-11(6-8-13)16(22)19-18-9-12-3-1-2-4-14(12)23-10-15(20)21/h1-9H,10H2,(H,19,22)(H,20,21)/p-1/b18-9-. The van der Waals surface area contributed by atoms with Crippen LogP contribution in [0.4, 0.5) is 4.39 Å². The van der Waals surface area contributed by atoms with Gasteiger partial charge in [-0.05, 0) is 36.4 Å². The van der Waals surface area contributed by atoms with Gasteiger partial charge in [-0.3, -0.25) is 4.79 Å². The zero-order valence-electron chi connectivity index (χ0n) is 11.9. The molecule has 7 heteroatoms. The van der Waals surface area contributed by atoms with Crippen molar-refractivity contribution in [1.82, 2.24) is 5.43 Å². The van der Waals surface area contributed by atoms with Gasteiger partial charge in [0, 0.05) is 11.1 Å². The van der Waals surface area contributed by atoms with Crippen LogP contribution in [-0.2, 0) is 4.79 Å². The maximum Gasteiger partial charge on any atom is 0.271 e. The van der Waals surface area contributed by atoms with Gasteiger partial charge >= 0.3 is 0 Å². The monoisotopic (exact) mass is 315 g/mol. The van der Waals surface area contributed by atoms with Crippen LogP contribution in [0.3, 0.4) is 0 Å². The summed E-state index contributed by atoms with van der Waals surface area (Å²) in [5, 5.41) is 14.2. The average Bonchev–Trinajstić information content (AvgIpc) is 2.54. The molecule has 1 N–H and O–H groups in total. The molecule has 0 spiro atoms. The van der Waals surface area contributed by atoms with Gasteiger partial charge in [-0.2, -0.15) is 5.10 Å². The summed E-state index contributed by atoms with van der Waals surface area (Å²) in [6.07, 6.45) is 1.31. The molecule has 0 heterocycles. The van der Waals surface area contributed by atoms with Gasteiger partial charge in [0.1, 0.15) is 18.2 Å². The maximum atomic E-state index is 12.8. The van der Waals surface area contributed by atoms with Crippen LogP contribution in [0.5, 0.6) is 5.75 Å².